The van der Waals surface area contributed by atoms with E-state index in [1.165, 1.54) is 11.3 Å². The molecule has 2 aromatic heterocycles. The lowest BCUT2D eigenvalue weighted by Gasteiger charge is -2.16. The Balaban J connectivity index is 2.27. The van der Waals surface area contributed by atoms with Crippen LogP contribution in [0.1, 0.15) is 0 Å². The Morgan fingerprint density at radius 2 is 2.41 bits per heavy atom. The molecule has 0 atom stereocenters. The molecule has 2 aromatic rings. The molecule has 0 amide bonds. The summed E-state index contributed by atoms with van der Waals surface area (Å²) < 4.78 is 10.4. The van der Waals surface area contributed by atoms with Gasteiger partial charge in [-0.1, -0.05) is 11.3 Å². The minimum Gasteiger partial charge on any atom is -0.463 e. The summed E-state index contributed by atoms with van der Waals surface area (Å²) >= 11 is 1.45. The highest BCUT2D eigenvalue weighted by Crippen LogP contribution is 2.36. The SMILES string of the molecule is COCCN(C)c1sc(N)nc1-c1ccco1. The van der Waals surface area contributed by atoms with Crippen molar-refractivity contribution in [2.45, 2.75) is 0 Å². The maximum Gasteiger partial charge on any atom is 0.182 e. The number of furan rings is 1. The Morgan fingerprint density at radius 3 is 3.06 bits per heavy atom. The average Bonchev–Trinajstić information content (AvgIpc) is 2.93. The van der Waals surface area contributed by atoms with Crippen LogP contribution in [-0.2, 0) is 4.74 Å². The van der Waals surface area contributed by atoms with Gasteiger partial charge in [-0.25, -0.2) is 4.98 Å². The molecule has 0 spiro atoms. The summed E-state index contributed by atoms with van der Waals surface area (Å²) in [5.41, 5.74) is 6.55. The predicted molar refractivity (Wildman–Crippen MR) is 69.4 cm³/mol. The van der Waals surface area contributed by atoms with E-state index >= 15 is 0 Å². The highest BCUT2D eigenvalue weighted by atomic mass is 32.1. The third-order valence-corrected chi connectivity index (χ3v) is 3.36. The van der Waals surface area contributed by atoms with E-state index in [1.807, 2.05) is 19.2 Å². The van der Waals surface area contributed by atoms with Crippen LogP contribution >= 0.6 is 11.3 Å². The molecule has 6 heteroatoms. The minimum absolute atomic E-state index is 0.538. The molecule has 0 saturated heterocycles. The van der Waals surface area contributed by atoms with Gasteiger partial charge in [-0.05, 0) is 12.1 Å². The van der Waals surface area contributed by atoms with Crippen molar-refractivity contribution in [3.05, 3.63) is 18.4 Å². The molecule has 0 radical (unpaired) electrons. The van der Waals surface area contributed by atoms with Gasteiger partial charge < -0.3 is 19.8 Å². The number of rotatable bonds is 5. The van der Waals surface area contributed by atoms with Gasteiger partial charge >= 0.3 is 0 Å². The molecule has 2 heterocycles. The van der Waals surface area contributed by atoms with E-state index in [0.717, 1.165) is 23.0 Å². The first-order chi connectivity index (χ1) is 8.22. The van der Waals surface area contributed by atoms with Gasteiger partial charge in [-0.3, -0.25) is 0 Å². The topological polar surface area (TPSA) is 64.5 Å². The first-order valence-corrected chi connectivity index (χ1v) is 6.04. The van der Waals surface area contributed by atoms with Crippen LogP contribution in [0.25, 0.3) is 11.5 Å². The first-order valence-electron chi connectivity index (χ1n) is 5.22. The van der Waals surface area contributed by atoms with Crippen LogP contribution in [0.5, 0.6) is 0 Å². The Labute approximate surface area is 104 Å². The number of nitrogen functional groups attached to an aromatic ring is 1. The van der Waals surface area contributed by atoms with Crippen molar-refractivity contribution in [2.75, 3.05) is 37.9 Å². The molecule has 0 bridgehead atoms. The van der Waals surface area contributed by atoms with Crippen LogP contribution in [0.15, 0.2) is 22.8 Å². The van der Waals surface area contributed by atoms with E-state index < -0.39 is 0 Å². The normalized spacial score (nSPS) is 10.7. The van der Waals surface area contributed by atoms with E-state index in [-0.39, 0.29) is 0 Å². The number of nitrogens with two attached hydrogens (primary N) is 1. The smallest absolute Gasteiger partial charge is 0.182 e. The molecule has 2 N–H and O–H groups in total. The number of hydrogen-bond donors (Lipinski definition) is 1. The van der Waals surface area contributed by atoms with Gasteiger partial charge in [0.1, 0.15) is 10.7 Å². The lowest BCUT2D eigenvalue weighted by Crippen LogP contribution is -2.21. The van der Waals surface area contributed by atoms with Gasteiger partial charge in [-0.2, -0.15) is 0 Å². The zero-order valence-corrected chi connectivity index (χ0v) is 10.7. The second-order valence-corrected chi connectivity index (χ2v) is 4.61. The minimum atomic E-state index is 0.538. The Kier molecular flexibility index (Phi) is 3.65. The summed E-state index contributed by atoms with van der Waals surface area (Å²) in [5.74, 6) is 0.734. The zero-order valence-electron chi connectivity index (χ0n) is 9.84. The van der Waals surface area contributed by atoms with E-state index in [2.05, 4.69) is 9.88 Å². The van der Waals surface area contributed by atoms with Crippen LogP contribution in [0.2, 0.25) is 0 Å². The number of anilines is 2. The Morgan fingerprint density at radius 1 is 1.59 bits per heavy atom. The number of methoxy groups -OCH3 is 1. The van der Waals surface area contributed by atoms with Crippen LogP contribution in [-0.4, -0.2) is 32.3 Å². The van der Waals surface area contributed by atoms with E-state index in [1.54, 1.807) is 13.4 Å². The average molecular weight is 253 g/mol. The fourth-order valence-corrected chi connectivity index (χ4v) is 2.32. The van der Waals surface area contributed by atoms with Crippen LogP contribution in [0.3, 0.4) is 0 Å². The molecule has 5 nitrogen and oxygen atoms in total. The summed E-state index contributed by atoms with van der Waals surface area (Å²) in [4.78, 5) is 6.37. The molecule has 0 unspecified atom stereocenters. The fourth-order valence-electron chi connectivity index (χ4n) is 1.49. The van der Waals surface area contributed by atoms with Crippen molar-refractivity contribution in [1.82, 2.24) is 4.98 Å². The van der Waals surface area contributed by atoms with Crippen molar-refractivity contribution in [3.8, 4) is 11.5 Å². The molecule has 0 saturated carbocycles. The van der Waals surface area contributed by atoms with Crippen LogP contribution < -0.4 is 10.6 Å². The molecule has 17 heavy (non-hydrogen) atoms. The summed E-state index contributed by atoms with van der Waals surface area (Å²) in [6, 6.07) is 3.71. The maximum atomic E-state index is 5.76. The number of hydrogen-bond acceptors (Lipinski definition) is 6. The third kappa shape index (κ3) is 2.59. The molecule has 0 aliphatic carbocycles. The zero-order chi connectivity index (χ0) is 12.3. The van der Waals surface area contributed by atoms with Gasteiger partial charge in [0.15, 0.2) is 10.9 Å². The van der Waals surface area contributed by atoms with Gasteiger partial charge in [0.25, 0.3) is 0 Å². The predicted octanol–water partition coefficient (Wildman–Crippen LogP) is 2.07. The largest absolute Gasteiger partial charge is 0.463 e. The number of ether oxygens (including phenoxy) is 1. The molecule has 0 aromatic carbocycles. The second-order valence-electron chi connectivity index (χ2n) is 3.60. The van der Waals surface area contributed by atoms with Crippen molar-refractivity contribution < 1.29 is 9.15 Å². The summed E-state index contributed by atoms with van der Waals surface area (Å²) in [6.07, 6.45) is 1.63. The quantitative estimate of drug-likeness (QED) is 0.883. The van der Waals surface area contributed by atoms with Gasteiger partial charge in [0, 0.05) is 20.7 Å². The van der Waals surface area contributed by atoms with E-state index in [9.17, 15) is 0 Å². The Hall–Kier alpha value is -1.53. The number of likely N-dealkylation sites (N-methyl/N-ethyl adjacent to an activating group) is 1. The highest BCUT2D eigenvalue weighted by Gasteiger charge is 2.17. The molecule has 0 aliphatic heterocycles. The van der Waals surface area contributed by atoms with Gasteiger partial charge in [0.2, 0.25) is 0 Å². The third-order valence-electron chi connectivity index (χ3n) is 2.36. The summed E-state index contributed by atoms with van der Waals surface area (Å²) in [7, 11) is 3.67. The van der Waals surface area contributed by atoms with Gasteiger partial charge in [0.05, 0.1) is 12.9 Å². The highest BCUT2D eigenvalue weighted by molar-refractivity contribution is 7.19. The maximum absolute atomic E-state index is 5.76. The van der Waals surface area contributed by atoms with Gasteiger partial charge in [-0.15, -0.1) is 0 Å². The monoisotopic (exact) mass is 253 g/mol. The van der Waals surface area contributed by atoms with E-state index in [4.69, 9.17) is 14.9 Å². The summed E-state index contributed by atoms with van der Waals surface area (Å²) in [5, 5.41) is 1.53. The first kappa shape index (κ1) is 11.9. The van der Waals surface area contributed by atoms with Crippen LogP contribution in [0, 0.1) is 0 Å². The molecular weight excluding hydrogens is 238 g/mol. The van der Waals surface area contributed by atoms with Crippen molar-refractivity contribution in [3.63, 3.8) is 0 Å². The van der Waals surface area contributed by atoms with Crippen LogP contribution in [0.4, 0.5) is 10.1 Å². The molecule has 92 valence electrons. The summed E-state index contributed by atoms with van der Waals surface area (Å²) in [6.45, 7) is 1.44. The molecular formula is C11H15N3O2S. The molecule has 0 fully saturated rings. The standard InChI is InChI=1S/C11H15N3O2S/c1-14(5-7-15-2)10-9(13-11(12)17-10)8-4-3-6-16-8/h3-4,6H,5,7H2,1-2H3,(H2,12,13). The van der Waals surface area contributed by atoms with E-state index in [0.29, 0.717) is 11.7 Å². The Bertz CT molecular complexity index is 467. The van der Waals surface area contributed by atoms with Crippen molar-refractivity contribution in [1.29, 1.82) is 0 Å². The lowest BCUT2D eigenvalue weighted by atomic mass is 10.3. The number of nitrogens with zero attached hydrogens (tertiary/aromatic N) is 2. The number of aromatic nitrogens is 1. The second kappa shape index (κ2) is 5.20. The van der Waals surface area contributed by atoms with Crippen molar-refractivity contribution >= 4 is 21.5 Å². The number of thiazole rings is 1. The fraction of sp³-hybridized carbons (Fsp3) is 0.364. The van der Waals surface area contributed by atoms with Crippen molar-refractivity contribution in [2.24, 2.45) is 0 Å². The lowest BCUT2D eigenvalue weighted by molar-refractivity contribution is 0.206. The molecule has 2 rings (SSSR count). The molecule has 0 aliphatic rings.